The van der Waals surface area contributed by atoms with E-state index in [2.05, 4.69) is 53.7 Å². The number of amides is 5. The van der Waals surface area contributed by atoms with Gasteiger partial charge in [0, 0.05) is 73.9 Å². The van der Waals surface area contributed by atoms with Crippen LogP contribution in [0.5, 0.6) is 0 Å². The fraction of sp³-hybridized carbons (Fsp3) is 0.439. The van der Waals surface area contributed by atoms with Gasteiger partial charge in [-0.25, -0.2) is 23.6 Å². The molecule has 0 radical (unpaired) electrons. The lowest BCUT2D eigenvalue weighted by Crippen LogP contribution is -2.43. The number of alkyl halides is 9. The first kappa shape index (κ1) is 97.1. The van der Waals surface area contributed by atoms with E-state index in [1.807, 2.05) is 26.7 Å². The third kappa shape index (κ3) is 21.6. The number of carboxylic acid groups (broad SMARTS) is 1. The van der Waals surface area contributed by atoms with Gasteiger partial charge < -0.3 is 59.4 Å². The highest BCUT2D eigenvalue weighted by molar-refractivity contribution is 6.05. The number of hydrogen-bond donors (Lipinski definition) is 8. The average Bonchev–Trinajstić information content (AvgIpc) is 1.59. The minimum atomic E-state index is -4.45. The van der Waals surface area contributed by atoms with Gasteiger partial charge in [-0.2, -0.15) is 70.1 Å². The Morgan fingerprint density at radius 2 is 0.836 bits per heavy atom. The van der Waals surface area contributed by atoms with Crippen molar-refractivity contribution in [3.8, 4) is 57.5 Å². The second kappa shape index (κ2) is 37.9. The Labute approximate surface area is 710 Å². The lowest BCUT2D eigenvalue weighted by molar-refractivity contribution is -0.138. The van der Waals surface area contributed by atoms with E-state index in [1.54, 1.807) is 67.6 Å². The van der Waals surface area contributed by atoms with Gasteiger partial charge in [0.2, 0.25) is 0 Å². The molecule has 6 fully saturated rings. The molecule has 40 heteroatoms. The molecule has 6 aliphatic rings. The summed E-state index contributed by atoms with van der Waals surface area (Å²) in [5.41, 5.74) is 37.2. The lowest BCUT2D eigenvalue weighted by atomic mass is 9.65. The maximum atomic E-state index is 13.1. The van der Waals surface area contributed by atoms with Crippen LogP contribution in [0.15, 0.2) is 110 Å². The number of aliphatic carboxylic acids is 1. The number of nitrogens with zero attached hydrogens (tertiary/aromatic N) is 14. The van der Waals surface area contributed by atoms with E-state index in [0.29, 0.717) is 65.3 Å². The number of primary amides is 3. The first-order valence-corrected chi connectivity index (χ1v) is 37.2. The summed E-state index contributed by atoms with van der Waals surface area (Å²) in [4.78, 5) is 74.4. The number of carboxylic acids is 1. The van der Waals surface area contributed by atoms with Crippen LogP contribution in [0.1, 0.15) is 197 Å². The van der Waals surface area contributed by atoms with Crippen molar-refractivity contribution in [2.24, 2.45) is 33.4 Å². The Morgan fingerprint density at radius 1 is 0.508 bits per heavy atom. The fourth-order valence-corrected chi connectivity index (χ4v) is 16.3. The van der Waals surface area contributed by atoms with Gasteiger partial charge in [0.05, 0.1) is 73.0 Å². The van der Waals surface area contributed by atoms with Crippen molar-refractivity contribution in [2.45, 2.75) is 177 Å². The number of ether oxygens (including phenoxy) is 1. The summed E-state index contributed by atoms with van der Waals surface area (Å²) in [5.74, 6) is 6.44. The molecule has 3 saturated carbocycles. The van der Waals surface area contributed by atoms with E-state index in [9.17, 15) is 68.3 Å². The molecule has 3 aliphatic heterocycles. The van der Waals surface area contributed by atoms with Gasteiger partial charge in [0.25, 0.3) is 23.6 Å². The van der Waals surface area contributed by atoms with Gasteiger partial charge in [-0.1, -0.05) is 70.5 Å². The highest BCUT2D eigenvalue weighted by Crippen LogP contribution is 2.57. The topological polar surface area (TPSA) is 413 Å². The molecule has 9 heterocycles. The zero-order valence-corrected chi connectivity index (χ0v) is 66.7. The van der Waals surface area contributed by atoms with Crippen molar-refractivity contribution in [3.05, 3.63) is 160 Å². The van der Waals surface area contributed by atoms with E-state index in [4.69, 9.17) is 44.2 Å². The zero-order valence-electron chi connectivity index (χ0n) is 65.1. The SMILES string of the molecule is C.C.C.CC#CC(=O)N1CCC2(CC(n3nc(-c4cnn(Cc5cccc(C(F)(F)F)c5)c4)c(C(N)=O)c3N)C2)C1.CC#CC(=O)O.CC(C)(C)OC(=O)N1CCC2(CC(n3nc(-c4cnn(Cc5cccc(C(F)(F)F)c5)c4)c(C(N)=O)c3N)C2)C1.Cl.Cl.NC(=O)c1c(-c2cnn(Cc3cccc(C(F)(F)F)c3)c2)nn(C2CC3(CCNC3)C2)c1N. The van der Waals surface area contributed by atoms with Crippen LogP contribution < -0.4 is 39.7 Å². The van der Waals surface area contributed by atoms with Crippen LogP contribution in [-0.2, 0) is 52.5 Å². The quantitative estimate of drug-likeness (QED) is 0.0349. The number of nitrogen functional groups attached to an aromatic ring is 3. The van der Waals surface area contributed by atoms with Crippen molar-refractivity contribution in [2.75, 3.05) is 56.5 Å². The molecule has 15 rings (SSSR count). The molecule has 122 heavy (non-hydrogen) atoms. The molecule has 3 aromatic carbocycles. The fourth-order valence-electron chi connectivity index (χ4n) is 16.3. The summed E-state index contributed by atoms with van der Waals surface area (Å²) in [6.45, 7) is 13.4. The first-order chi connectivity index (χ1) is 55.1. The molecular weight excluding hydrogens is 1650 g/mol. The number of aromatic nitrogens is 12. The lowest BCUT2D eigenvalue weighted by Gasteiger charge is -2.45. The summed E-state index contributed by atoms with van der Waals surface area (Å²) >= 11 is 0. The van der Waals surface area contributed by atoms with E-state index in [1.165, 1.54) is 57.8 Å². The number of carbonyl (C=O) groups excluding carboxylic acids is 5. The van der Waals surface area contributed by atoms with Gasteiger partial charge in [-0.15, -0.1) is 24.8 Å². The molecule has 14 N–H and O–H groups in total. The molecule has 6 aromatic heterocycles. The molecule has 3 saturated heterocycles. The number of hydrogen-bond acceptors (Lipinski definition) is 17. The number of carbonyl (C=O) groups is 6. The van der Waals surface area contributed by atoms with Crippen LogP contribution in [0, 0.1) is 39.9 Å². The molecule has 658 valence electrons. The van der Waals surface area contributed by atoms with Crippen LogP contribution in [0.25, 0.3) is 33.8 Å². The molecule has 9 aromatic rings. The molecule has 3 aliphatic carbocycles. The number of nitrogens with one attached hydrogen (secondary N) is 1. The summed E-state index contributed by atoms with van der Waals surface area (Å²) in [7, 11) is 0. The van der Waals surface area contributed by atoms with Gasteiger partial charge in [0.1, 0.15) is 56.8 Å². The smallest absolute Gasteiger partial charge is 0.416 e. The van der Waals surface area contributed by atoms with Crippen molar-refractivity contribution >= 4 is 78.0 Å². The summed E-state index contributed by atoms with van der Waals surface area (Å²) in [5, 5.41) is 37.7. The van der Waals surface area contributed by atoms with Gasteiger partial charge in [-0.05, 0) is 174 Å². The minimum Gasteiger partial charge on any atom is -0.472 e. The second-order valence-electron chi connectivity index (χ2n) is 31.4. The van der Waals surface area contributed by atoms with Crippen molar-refractivity contribution < 1.29 is 78.1 Å². The molecular formula is C82H100Cl2F9N21O8. The summed E-state index contributed by atoms with van der Waals surface area (Å²) < 4.78 is 132. The highest BCUT2D eigenvalue weighted by Gasteiger charge is 2.54. The Morgan fingerprint density at radius 3 is 1.12 bits per heavy atom. The number of likely N-dealkylation sites (tertiary alicyclic amines) is 2. The Kier molecular flexibility index (Phi) is 30.2. The van der Waals surface area contributed by atoms with E-state index < -0.39 is 64.5 Å². The predicted octanol–water partition coefficient (Wildman–Crippen LogP) is 13.2. The minimum absolute atomic E-state index is 0. The standard InChI is InChI=1S/C27H32F3N7O3.C26H26F3N7O2.C22H24F3N7O.C4H4O2.3CH4.2ClH/c1-25(2,3)40-24(39)35-8-7-26(15-35)10-19(11-26)37-22(31)20(23(32)38)21(34-37)17-12-33-36(14-17)13-16-5-4-6-18(9-16)27(28,29)30;1-2-4-20(37)34-8-7-25(15-34)10-19(11-25)36-23(30)21(24(31)38)22(33-36)17-12-32-35(14-17)13-16-5-3-6-18(9-16)26(27,28)29;23-22(24,25)15-3-1-2-13(6-15)10-31-11-14(9-29-31)18-17(20(27)33)19(26)32(30-18)16-7-21(8-16)4-5-28-12-21;1-2-3-4(5)6;;;;;/h4-6,9,12,14,19H,7-8,10-11,13,15,31H2,1-3H3,(H2,32,38);3,5-6,9,12,14,19H,7-8,10-11,13,15,30H2,1H3,(H2,31,38);1-3,6,9,11,16,28H,4-5,7-8,10,12,26H2,(H2,27,33);1H3,(H,5,6);3*1H4;2*1H. The maximum absolute atomic E-state index is 13.1. The predicted molar refractivity (Wildman–Crippen MR) is 443 cm³/mol. The summed E-state index contributed by atoms with van der Waals surface area (Å²) in [6, 6.07) is 15.1. The van der Waals surface area contributed by atoms with E-state index >= 15 is 0 Å². The molecule has 0 bridgehead atoms. The molecule has 29 nitrogen and oxygen atoms in total. The normalized spacial score (nSPS) is 19.7. The van der Waals surface area contributed by atoms with Crippen LogP contribution in [-0.4, -0.2) is 154 Å². The Balaban J connectivity index is 0.000000239. The third-order valence-corrected chi connectivity index (χ3v) is 21.8. The third-order valence-electron chi connectivity index (χ3n) is 21.8. The summed E-state index contributed by atoms with van der Waals surface area (Å²) in [6.07, 6.45) is 3.26. The van der Waals surface area contributed by atoms with Crippen LogP contribution in [0.3, 0.4) is 0 Å². The largest absolute Gasteiger partial charge is 0.472 e. The van der Waals surface area contributed by atoms with Gasteiger partial charge >= 0.3 is 30.6 Å². The van der Waals surface area contributed by atoms with Gasteiger partial charge in [0.15, 0.2) is 0 Å². The van der Waals surface area contributed by atoms with E-state index in [-0.39, 0.29) is 159 Å². The van der Waals surface area contributed by atoms with Crippen molar-refractivity contribution in [1.29, 1.82) is 0 Å². The molecule has 0 atom stereocenters. The number of nitrogens with two attached hydrogens (primary N) is 6. The Bertz CT molecular complexity index is 5410. The number of halogens is 11. The maximum Gasteiger partial charge on any atom is 0.416 e. The highest BCUT2D eigenvalue weighted by atomic mass is 35.5. The van der Waals surface area contributed by atoms with Gasteiger partial charge in [-0.3, -0.25) is 33.2 Å². The Hall–Kier alpha value is -12.0. The van der Waals surface area contributed by atoms with E-state index in [0.717, 1.165) is 107 Å². The van der Waals surface area contributed by atoms with Crippen molar-refractivity contribution in [3.63, 3.8) is 0 Å². The van der Waals surface area contributed by atoms with Crippen LogP contribution in [0.2, 0.25) is 0 Å². The van der Waals surface area contributed by atoms with Crippen LogP contribution in [0.4, 0.5) is 61.8 Å². The zero-order chi connectivity index (χ0) is 84.6. The second-order valence-corrected chi connectivity index (χ2v) is 31.4. The average molecular weight is 1750 g/mol. The first-order valence-electron chi connectivity index (χ1n) is 37.2. The number of anilines is 3. The molecule has 3 spiro atoms. The molecule has 5 amide bonds. The van der Waals surface area contributed by atoms with Crippen molar-refractivity contribution in [1.82, 2.24) is 73.8 Å². The monoisotopic (exact) mass is 1750 g/mol. The molecule has 0 unspecified atom stereocenters. The number of rotatable bonds is 15. The number of benzene rings is 3. The van der Waals surface area contributed by atoms with Crippen LogP contribution >= 0.6 is 24.8 Å².